The van der Waals surface area contributed by atoms with E-state index in [-0.39, 0.29) is 11.9 Å². The fourth-order valence-electron chi connectivity index (χ4n) is 3.46. The second-order valence-electron chi connectivity index (χ2n) is 7.30. The van der Waals surface area contributed by atoms with Crippen LogP contribution in [0.15, 0.2) is 72.8 Å². The number of hydrogen-bond donors (Lipinski definition) is 1. The Morgan fingerprint density at radius 2 is 1.58 bits per heavy atom. The van der Waals surface area contributed by atoms with Crippen molar-refractivity contribution in [2.75, 3.05) is 0 Å². The Kier molecular flexibility index (Phi) is 6.06. The summed E-state index contributed by atoms with van der Waals surface area (Å²) in [6.07, 6.45) is 2.22. The number of carbonyl (C=O) groups is 1. The molecule has 3 aromatic carbocycles. The molecule has 1 atom stereocenters. The molecule has 0 aliphatic heterocycles. The Bertz CT molecular complexity index is 849. The van der Waals surface area contributed by atoms with Crippen molar-refractivity contribution in [3.63, 3.8) is 0 Å². The molecule has 2 nitrogen and oxygen atoms in total. The fraction of sp³-hybridized carbons (Fsp3) is 0.292. The van der Waals surface area contributed by atoms with Crippen LogP contribution in [-0.2, 0) is 11.2 Å². The van der Waals surface area contributed by atoms with Gasteiger partial charge in [0.15, 0.2) is 0 Å². The van der Waals surface area contributed by atoms with E-state index in [2.05, 4.69) is 73.8 Å². The molecule has 1 N–H and O–H groups in total. The highest BCUT2D eigenvalue weighted by molar-refractivity contribution is 5.86. The first-order valence-corrected chi connectivity index (χ1v) is 9.44. The van der Waals surface area contributed by atoms with Crippen molar-refractivity contribution in [3.05, 3.63) is 83.9 Å². The Morgan fingerprint density at radius 3 is 2.35 bits per heavy atom. The van der Waals surface area contributed by atoms with E-state index >= 15 is 0 Å². The molecule has 0 aliphatic carbocycles. The zero-order valence-electron chi connectivity index (χ0n) is 15.6. The van der Waals surface area contributed by atoms with Crippen molar-refractivity contribution in [3.8, 4) is 0 Å². The van der Waals surface area contributed by atoms with Crippen LogP contribution >= 0.6 is 0 Å². The zero-order valence-corrected chi connectivity index (χ0v) is 15.6. The normalized spacial score (nSPS) is 12.3. The molecule has 0 unspecified atom stereocenters. The first-order valence-electron chi connectivity index (χ1n) is 9.44. The van der Waals surface area contributed by atoms with E-state index in [1.807, 2.05) is 18.2 Å². The van der Waals surface area contributed by atoms with E-state index < -0.39 is 0 Å². The largest absolute Gasteiger partial charge is 0.349 e. The van der Waals surface area contributed by atoms with Gasteiger partial charge >= 0.3 is 0 Å². The minimum Gasteiger partial charge on any atom is -0.349 e. The number of rotatable bonds is 7. The number of aryl methyl sites for hydroxylation is 1. The van der Waals surface area contributed by atoms with Gasteiger partial charge in [0.2, 0.25) is 5.91 Å². The molecule has 0 radical (unpaired) electrons. The smallest absolute Gasteiger partial charge is 0.220 e. The average Bonchev–Trinajstić information content (AvgIpc) is 2.66. The summed E-state index contributed by atoms with van der Waals surface area (Å²) in [5.74, 6) is 0.644. The van der Waals surface area contributed by atoms with E-state index in [0.717, 1.165) is 12.8 Å². The van der Waals surface area contributed by atoms with E-state index in [1.165, 1.54) is 21.9 Å². The number of amides is 1. The lowest BCUT2D eigenvalue weighted by Gasteiger charge is -2.21. The summed E-state index contributed by atoms with van der Waals surface area (Å²) < 4.78 is 0. The van der Waals surface area contributed by atoms with Crippen LogP contribution in [0.1, 0.15) is 43.9 Å². The van der Waals surface area contributed by atoms with E-state index in [1.54, 1.807) is 0 Å². The molecule has 3 rings (SSSR count). The molecule has 0 aromatic heterocycles. The van der Waals surface area contributed by atoms with E-state index in [4.69, 9.17) is 0 Å². The maximum atomic E-state index is 12.6. The van der Waals surface area contributed by atoms with Gasteiger partial charge in [-0.2, -0.15) is 0 Å². The SMILES string of the molecule is CC(C)C[C@@H](NC(=O)CCc1cccc2ccccc12)c1ccccc1. The number of benzene rings is 3. The van der Waals surface area contributed by atoms with Crippen LogP contribution in [0.4, 0.5) is 0 Å². The van der Waals surface area contributed by atoms with Gasteiger partial charge in [-0.3, -0.25) is 4.79 Å². The van der Waals surface area contributed by atoms with Crippen LogP contribution in [0.3, 0.4) is 0 Å². The molecule has 3 aromatic rings. The van der Waals surface area contributed by atoms with Gasteiger partial charge < -0.3 is 5.32 Å². The maximum Gasteiger partial charge on any atom is 0.220 e. The van der Waals surface area contributed by atoms with E-state index in [0.29, 0.717) is 12.3 Å². The number of nitrogens with one attached hydrogen (secondary N) is 1. The second kappa shape index (κ2) is 8.66. The van der Waals surface area contributed by atoms with Crippen molar-refractivity contribution in [1.29, 1.82) is 0 Å². The molecule has 0 spiro atoms. The topological polar surface area (TPSA) is 29.1 Å². The molecule has 2 heteroatoms. The summed E-state index contributed by atoms with van der Waals surface area (Å²) >= 11 is 0. The summed E-state index contributed by atoms with van der Waals surface area (Å²) in [5, 5.41) is 5.71. The summed E-state index contributed by atoms with van der Waals surface area (Å²) in [6, 6.07) is 25.0. The van der Waals surface area contributed by atoms with Crippen LogP contribution in [0.2, 0.25) is 0 Å². The lowest BCUT2D eigenvalue weighted by molar-refractivity contribution is -0.121. The molecule has 0 saturated heterocycles. The highest BCUT2D eigenvalue weighted by Crippen LogP contribution is 2.22. The zero-order chi connectivity index (χ0) is 18.4. The van der Waals surface area contributed by atoms with Gasteiger partial charge in [0, 0.05) is 6.42 Å². The minimum absolute atomic E-state index is 0.0798. The highest BCUT2D eigenvalue weighted by Gasteiger charge is 2.16. The molecule has 0 fully saturated rings. The molecular weight excluding hydrogens is 318 g/mol. The summed E-state index contributed by atoms with van der Waals surface area (Å²) in [6.45, 7) is 4.39. The first-order chi connectivity index (χ1) is 12.6. The lowest BCUT2D eigenvalue weighted by atomic mass is 9.96. The van der Waals surface area contributed by atoms with Crippen molar-refractivity contribution in [2.24, 2.45) is 5.92 Å². The highest BCUT2D eigenvalue weighted by atomic mass is 16.1. The molecule has 0 bridgehead atoms. The molecule has 0 saturated carbocycles. The number of carbonyl (C=O) groups excluding carboxylic acids is 1. The molecule has 0 aliphatic rings. The summed E-state index contributed by atoms with van der Waals surface area (Å²) in [7, 11) is 0. The Balaban J connectivity index is 1.66. The lowest BCUT2D eigenvalue weighted by Crippen LogP contribution is -2.29. The molecular formula is C24H27NO. The van der Waals surface area contributed by atoms with Crippen molar-refractivity contribution in [2.45, 2.75) is 39.2 Å². The van der Waals surface area contributed by atoms with Crippen molar-refractivity contribution < 1.29 is 4.79 Å². The number of fused-ring (bicyclic) bond motifs is 1. The third-order valence-corrected chi connectivity index (χ3v) is 4.75. The third-order valence-electron chi connectivity index (χ3n) is 4.75. The fourth-order valence-corrected chi connectivity index (χ4v) is 3.46. The Labute approximate surface area is 156 Å². The predicted molar refractivity (Wildman–Crippen MR) is 109 cm³/mol. The quantitative estimate of drug-likeness (QED) is 0.587. The van der Waals surface area contributed by atoms with Gasteiger partial charge in [-0.25, -0.2) is 0 Å². The minimum atomic E-state index is 0.0798. The molecule has 1 amide bonds. The van der Waals surface area contributed by atoms with Crippen LogP contribution in [0.5, 0.6) is 0 Å². The molecule has 0 heterocycles. The van der Waals surface area contributed by atoms with Gasteiger partial charge in [-0.1, -0.05) is 86.6 Å². The van der Waals surface area contributed by atoms with Gasteiger partial charge in [-0.15, -0.1) is 0 Å². The van der Waals surface area contributed by atoms with Crippen LogP contribution in [0, 0.1) is 5.92 Å². The second-order valence-corrected chi connectivity index (χ2v) is 7.30. The monoisotopic (exact) mass is 345 g/mol. The number of hydrogen-bond acceptors (Lipinski definition) is 1. The summed E-state index contributed by atoms with van der Waals surface area (Å²) in [4.78, 5) is 12.6. The summed E-state index contributed by atoms with van der Waals surface area (Å²) in [5.41, 5.74) is 2.41. The van der Waals surface area contributed by atoms with Gasteiger partial charge in [0.25, 0.3) is 0 Å². The first kappa shape index (κ1) is 18.2. The molecule has 26 heavy (non-hydrogen) atoms. The van der Waals surface area contributed by atoms with Gasteiger partial charge in [0.05, 0.1) is 6.04 Å². The Hall–Kier alpha value is -2.61. The van der Waals surface area contributed by atoms with Crippen LogP contribution in [-0.4, -0.2) is 5.91 Å². The third kappa shape index (κ3) is 4.72. The Morgan fingerprint density at radius 1 is 0.885 bits per heavy atom. The van der Waals surface area contributed by atoms with Crippen LogP contribution in [0.25, 0.3) is 10.8 Å². The molecule has 134 valence electrons. The maximum absolute atomic E-state index is 12.6. The van der Waals surface area contributed by atoms with Crippen LogP contribution < -0.4 is 5.32 Å². The van der Waals surface area contributed by atoms with Gasteiger partial charge in [-0.05, 0) is 40.7 Å². The van der Waals surface area contributed by atoms with Crippen molar-refractivity contribution in [1.82, 2.24) is 5.32 Å². The van der Waals surface area contributed by atoms with Crippen molar-refractivity contribution >= 4 is 16.7 Å². The van der Waals surface area contributed by atoms with Gasteiger partial charge in [0.1, 0.15) is 0 Å². The van der Waals surface area contributed by atoms with E-state index in [9.17, 15) is 4.79 Å². The standard InChI is InChI=1S/C24H27NO/c1-18(2)17-23(21-10-4-3-5-11-21)25-24(26)16-15-20-13-8-12-19-9-6-7-14-22(19)20/h3-14,18,23H,15-17H2,1-2H3,(H,25,26)/t23-/m1/s1. The average molecular weight is 345 g/mol. The predicted octanol–water partition coefficient (Wildman–Crippen LogP) is 5.68.